The predicted molar refractivity (Wildman–Crippen MR) is 151 cm³/mol. The van der Waals surface area contributed by atoms with Crippen LogP contribution in [0.25, 0.3) is 11.3 Å². The number of anilines is 3. The van der Waals surface area contributed by atoms with Crippen LogP contribution in [-0.4, -0.2) is 59.5 Å². The fraction of sp³-hybridized carbons (Fsp3) is 0.357. The summed E-state index contributed by atoms with van der Waals surface area (Å²) in [5, 5.41) is 10.8. The van der Waals surface area contributed by atoms with Gasteiger partial charge in [-0.1, -0.05) is 12.5 Å². The summed E-state index contributed by atoms with van der Waals surface area (Å²) in [6.45, 7) is 5.80. The third kappa shape index (κ3) is 7.41. The smallest absolute Gasteiger partial charge is 0.319 e. The standard InChI is InChI=1S/C28H34F2N8O2/c1-2-32-26-20(27(39)33-12-15-38-13-4-3-5-14-38)8-9-21(36-26)19-7-10-22(25(30)24(19)29)37-28(40)35-17-18-6-11-23(31)34-16-18/h6-11,16H,2-5,12-15,17H2,1H3,(H2,31,34)(H,32,36)(H,33,39)(H2,35,37,40). The zero-order chi connectivity index (χ0) is 28.5. The summed E-state index contributed by atoms with van der Waals surface area (Å²) < 4.78 is 30.0. The van der Waals surface area contributed by atoms with Crippen LogP contribution in [0.4, 0.5) is 30.9 Å². The summed E-state index contributed by atoms with van der Waals surface area (Å²) >= 11 is 0. The van der Waals surface area contributed by atoms with E-state index in [-0.39, 0.29) is 35.2 Å². The molecule has 3 amide bonds. The SMILES string of the molecule is CCNc1nc(-c2ccc(NC(=O)NCc3ccc(N)nc3)c(F)c2F)ccc1C(=O)NCCN1CCCCC1. The van der Waals surface area contributed by atoms with E-state index in [1.807, 2.05) is 6.92 Å². The molecule has 6 N–H and O–H groups in total. The fourth-order valence-electron chi connectivity index (χ4n) is 4.43. The van der Waals surface area contributed by atoms with Crippen LogP contribution < -0.4 is 27.0 Å². The molecule has 2 aromatic heterocycles. The molecule has 0 saturated carbocycles. The summed E-state index contributed by atoms with van der Waals surface area (Å²) in [4.78, 5) is 35.8. The van der Waals surface area contributed by atoms with Gasteiger partial charge >= 0.3 is 6.03 Å². The quantitative estimate of drug-likeness (QED) is 0.257. The molecule has 0 bridgehead atoms. The Balaban J connectivity index is 1.42. The molecule has 1 saturated heterocycles. The predicted octanol–water partition coefficient (Wildman–Crippen LogP) is 3.97. The molecule has 3 aromatic rings. The van der Waals surface area contributed by atoms with Crippen LogP contribution in [0.1, 0.15) is 42.1 Å². The number of nitrogen functional groups attached to an aromatic ring is 1. The lowest BCUT2D eigenvalue weighted by Gasteiger charge is -2.26. The first kappa shape index (κ1) is 28.7. The van der Waals surface area contributed by atoms with Crippen molar-refractivity contribution in [1.29, 1.82) is 0 Å². The number of hydrogen-bond donors (Lipinski definition) is 5. The van der Waals surface area contributed by atoms with E-state index in [1.165, 1.54) is 43.7 Å². The number of carbonyl (C=O) groups is 2. The van der Waals surface area contributed by atoms with Gasteiger partial charge < -0.3 is 31.9 Å². The Bertz CT molecular complexity index is 1330. The maximum Gasteiger partial charge on any atom is 0.319 e. The highest BCUT2D eigenvalue weighted by Gasteiger charge is 2.20. The highest BCUT2D eigenvalue weighted by Crippen LogP contribution is 2.29. The number of rotatable bonds is 10. The molecule has 0 atom stereocenters. The van der Waals surface area contributed by atoms with Gasteiger partial charge in [0.05, 0.1) is 16.9 Å². The van der Waals surface area contributed by atoms with Gasteiger partial charge in [-0.3, -0.25) is 4.79 Å². The molecule has 212 valence electrons. The Kier molecular flexibility index (Phi) is 9.79. The number of amides is 3. The number of carbonyl (C=O) groups excluding carboxylic acids is 2. The normalized spacial score (nSPS) is 13.5. The van der Waals surface area contributed by atoms with Crippen LogP contribution in [0.3, 0.4) is 0 Å². The van der Waals surface area contributed by atoms with Crippen molar-refractivity contribution in [2.45, 2.75) is 32.7 Å². The average molecular weight is 553 g/mol. The van der Waals surface area contributed by atoms with E-state index in [0.717, 1.165) is 19.6 Å². The van der Waals surface area contributed by atoms with E-state index in [2.05, 4.69) is 36.1 Å². The molecule has 0 aliphatic carbocycles. The fourth-order valence-corrected chi connectivity index (χ4v) is 4.43. The number of likely N-dealkylation sites (tertiary alicyclic amines) is 1. The van der Waals surface area contributed by atoms with Gasteiger partial charge in [-0.15, -0.1) is 0 Å². The molecule has 0 radical (unpaired) electrons. The largest absolute Gasteiger partial charge is 0.384 e. The number of halogens is 2. The van der Waals surface area contributed by atoms with Crippen molar-refractivity contribution < 1.29 is 18.4 Å². The van der Waals surface area contributed by atoms with Gasteiger partial charge in [-0.2, -0.15) is 0 Å². The Morgan fingerprint density at radius 2 is 1.80 bits per heavy atom. The van der Waals surface area contributed by atoms with E-state index >= 15 is 4.39 Å². The second kappa shape index (κ2) is 13.7. The second-order valence-corrected chi connectivity index (χ2v) is 9.47. The topological polar surface area (TPSA) is 137 Å². The van der Waals surface area contributed by atoms with E-state index in [1.54, 1.807) is 18.2 Å². The minimum atomic E-state index is -1.23. The van der Waals surface area contributed by atoms with Gasteiger partial charge in [0, 0.05) is 37.9 Å². The first-order chi connectivity index (χ1) is 19.4. The van der Waals surface area contributed by atoms with Gasteiger partial charge in [0.15, 0.2) is 11.6 Å². The third-order valence-electron chi connectivity index (χ3n) is 6.55. The minimum absolute atomic E-state index is 0.104. The number of nitrogens with two attached hydrogens (primary N) is 1. The number of piperidine rings is 1. The molecule has 1 aromatic carbocycles. The zero-order valence-corrected chi connectivity index (χ0v) is 22.4. The molecule has 4 rings (SSSR count). The van der Waals surface area contributed by atoms with E-state index in [9.17, 15) is 14.0 Å². The van der Waals surface area contributed by atoms with Crippen molar-refractivity contribution in [3.63, 3.8) is 0 Å². The number of urea groups is 1. The van der Waals surface area contributed by atoms with Gasteiger partial charge in [0.2, 0.25) is 0 Å². The van der Waals surface area contributed by atoms with Crippen LogP contribution in [-0.2, 0) is 6.54 Å². The highest BCUT2D eigenvalue weighted by molar-refractivity contribution is 5.99. The molecule has 1 fully saturated rings. The molecule has 3 heterocycles. The first-order valence-electron chi connectivity index (χ1n) is 13.3. The van der Waals surface area contributed by atoms with Crippen molar-refractivity contribution in [2.24, 2.45) is 0 Å². The molecular weight excluding hydrogens is 518 g/mol. The zero-order valence-electron chi connectivity index (χ0n) is 22.4. The maximum atomic E-state index is 15.1. The lowest BCUT2D eigenvalue weighted by atomic mass is 10.1. The Hall–Kier alpha value is -4.32. The molecule has 40 heavy (non-hydrogen) atoms. The summed E-state index contributed by atoms with van der Waals surface area (Å²) in [7, 11) is 0. The molecule has 0 unspecified atom stereocenters. The van der Waals surface area contributed by atoms with E-state index in [0.29, 0.717) is 30.0 Å². The molecule has 1 aliphatic rings. The van der Waals surface area contributed by atoms with Crippen molar-refractivity contribution in [2.75, 3.05) is 49.1 Å². The summed E-state index contributed by atoms with van der Waals surface area (Å²) in [5.41, 5.74) is 6.25. The second-order valence-electron chi connectivity index (χ2n) is 9.47. The Morgan fingerprint density at radius 3 is 2.52 bits per heavy atom. The Labute approximate surface area is 231 Å². The van der Waals surface area contributed by atoms with Crippen molar-refractivity contribution >= 4 is 29.3 Å². The van der Waals surface area contributed by atoms with Crippen LogP contribution in [0.5, 0.6) is 0 Å². The Morgan fingerprint density at radius 1 is 1.00 bits per heavy atom. The number of pyridine rings is 2. The molecular formula is C28H34F2N8O2. The van der Waals surface area contributed by atoms with Crippen LogP contribution in [0.15, 0.2) is 42.6 Å². The summed E-state index contributed by atoms with van der Waals surface area (Å²) in [5.74, 6) is -2.07. The lowest BCUT2D eigenvalue weighted by molar-refractivity contribution is 0.0947. The number of hydrogen-bond acceptors (Lipinski definition) is 7. The van der Waals surface area contributed by atoms with Crippen LogP contribution >= 0.6 is 0 Å². The molecule has 12 heteroatoms. The van der Waals surface area contributed by atoms with Crippen LogP contribution in [0, 0.1) is 11.6 Å². The molecule has 10 nitrogen and oxygen atoms in total. The third-order valence-corrected chi connectivity index (χ3v) is 6.55. The number of aromatic nitrogens is 2. The number of nitrogens with one attached hydrogen (secondary N) is 4. The van der Waals surface area contributed by atoms with E-state index in [4.69, 9.17) is 5.73 Å². The monoisotopic (exact) mass is 552 g/mol. The van der Waals surface area contributed by atoms with Crippen LogP contribution in [0.2, 0.25) is 0 Å². The van der Waals surface area contributed by atoms with E-state index < -0.39 is 17.7 Å². The van der Waals surface area contributed by atoms with Crippen molar-refractivity contribution in [3.05, 3.63) is 65.4 Å². The van der Waals surface area contributed by atoms with Crippen molar-refractivity contribution in [3.8, 4) is 11.3 Å². The van der Waals surface area contributed by atoms with Gasteiger partial charge in [0.25, 0.3) is 5.91 Å². The lowest BCUT2D eigenvalue weighted by Crippen LogP contribution is -2.37. The first-order valence-corrected chi connectivity index (χ1v) is 13.3. The molecule has 1 aliphatic heterocycles. The maximum absolute atomic E-state index is 15.1. The van der Waals surface area contributed by atoms with Gasteiger partial charge in [-0.25, -0.2) is 23.5 Å². The van der Waals surface area contributed by atoms with Gasteiger partial charge in [-0.05, 0) is 68.8 Å². The minimum Gasteiger partial charge on any atom is -0.384 e. The highest BCUT2D eigenvalue weighted by atomic mass is 19.2. The summed E-state index contributed by atoms with van der Waals surface area (Å²) in [6, 6.07) is 8.16. The number of nitrogens with zero attached hydrogens (tertiary/aromatic N) is 3. The number of benzene rings is 1. The molecule has 0 spiro atoms. The van der Waals surface area contributed by atoms with Crippen molar-refractivity contribution in [1.82, 2.24) is 25.5 Å². The van der Waals surface area contributed by atoms with Gasteiger partial charge in [0.1, 0.15) is 11.6 Å². The summed E-state index contributed by atoms with van der Waals surface area (Å²) in [6.07, 6.45) is 5.10. The average Bonchev–Trinajstić information content (AvgIpc) is 2.96.